The van der Waals surface area contributed by atoms with Gasteiger partial charge in [0, 0.05) is 11.1 Å². The van der Waals surface area contributed by atoms with Crippen LogP contribution in [0.1, 0.15) is 11.1 Å². The van der Waals surface area contributed by atoms with E-state index < -0.39 is 17.5 Å². The molecule has 0 bridgehead atoms. The summed E-state index contributed by atoms with van der Waals surface area (Å²) in [4.78, 5) is 4.78. The van der Waals surface area contributed by atoms with E-state index in [-0.39, 0.29) is 12.2 Å². The van der Waals surface area contributed by atoms with Crippen LogP contribution in [0, 0.1) is 17.5 Å². The van der Waals surface area contributed by atoms with Gasteiger partial charge in [-0.25, -0.2) is 13.2 Å². The van der Waals surface area contributed by atoms with E-state index >= 15 is 0 Å². The summed E-state index contributed by atoms with van der Waals surface area (Å²) in [6.07, 6.45) is 2.44. The van der Waals surface area contributed by atoms with Crippen molar-refractivity contribution in [3.05, 3.63) is 71.0 Å². The Kier molecular flexibility index (Phi) is 4.18. The Bertz CT molecular complexity index is 599. The molecular formula is C14H9F3NO. The molecule has 0 aliphatic carbocycles. The molecule has 0 N–H and O–H groups in total. The maximum Gasteiger partial charge on any atom is 0.165 e. The molecule has 0 unspecified atom stereocenters. The number of nitrogens with zero attached hydrogens (tertiary/aromatic N) is 1. The maximum atomic E-state index is 13.2. The first-order chi connectivity index (χ1) is 9.16. The minimum absolute atomic E-state index is 0.0461. The molecule has 0 aliphatic heterocycles. The second-order valence-electron chi connectivity index (χ2n) is 3.70. The van der Waals surface area contributed by atoms with Gasteiger partial charge in [0.15, 0.2) is 11.6 Å². The standard InChI is InChI=1S/C14H9F3NO/c15-12-5-1-3-10(7-12)8-18-19-9-11-4-2-6-13(16)14(11)17/h1-7H,9H2. The zero-order valence-electron chi connectivity index (χ0n) is 9.74. The maximum absolute atomic E-state index is 13.2. The molecule has 2 aromatic carbocycles. The van der Waals surface area contributed by atoms with Gasteiger partial charge in [0.1, 0.15) is 18.6 Å². The molecule has 0 spiro atoms. The molecule has 19 heavy (non-hydrogen) atoms. The highest BCUT2D eigenvalue weighted by Gasteiger charge is 2.07. The average Bonchev–Trinajstić information content (AvgIpc) is 2.39. The minimum Gasteiger partial charge on any atom is -0.390 e. The third kappa shape index (κ3) is 3.58. The highest BCUT2D eigenvalue weighted by Crippen LogP contribution is 2.12. The zero-order valence-corrected chi connectivity index (χ0v) is 9.74. The Labute approximate surface area is 108 Å². The van der Waals surface area contributed by atoms with Gasteiger partial charge >= 0.3 is 0 Å². The van der Waals surface area contributed by atoms with E-state index in [0.717, 1.165) is 6.07 Å². The Hall–Kier alpha value is -2.30. The Balaban J connectivity index is 1.95. The lowest BCUT2D eigenvalue weighted by molar-refractivity contribution is 0.129. The smallest absolute Gasteiger partial charge is 0.165 e. The fourth-order valence-electron chi connectivity index (χ4n) is 1.40. The quantitative estimate of drug-likeness (QED) is 0.611. The molecule has 2 rings (SSSR count). The SMILES string of the molecule is Fc1cccc(/[C]=N\OCc2cccc(F)c2F)c1. The van der Waals surface area contributed by atoms with E-state index in [1.54, 1.807) is 6.07 Å². The van der Waals surface area contributed by atoms with E-state index in [4.69, 9.17) is 4.84 Å². The monoisotopic (exact) mass is 264 g/mol. The summed E-state index contributed by atoms with van der Waals surface area (Å²) in [6, 6.07) is 9.36. The minimum atomic E-state index is -0.969. The van der Waals surface area contributed by atoms with Crippen LogP contribution in [-0.2, 0) is 11.4 Å². The van der Waals surface area contributed by atoms with Gasteiger partial charge in [-0.3, -0.25) is 0 Å². The molecular weight excluding hydrogens is 255 g/mol. The predicted octanol–water partition coefficient (Wildman–Crippen LogP) is 3.53. The highest BCUT2D eigenvalue weighted by molar-refractivity contribution is 5.78. The molecule has 2 nitrogen and oxygen atoms in total. The van der Waals surface area contributed by atoms with Crippen molar-refractivity contribution in [2.75, 3.05) is 0 Å². The third-order valence-electron chi connectivity index (χ3n) is 2.32. The van der Waals surface area contributed by atoms with Gasteiger partial charge in [0.2, 0.25) is 0 Å². The predicted molar refractivity (Wildman–Crippen MR) is 64.1 cm³/mol. The van der Waals surface area contributed by atoms with Crippen LogP contribution in [-0.4, -0.2) is 6.21 Å². The Morgan fingerprint density at radius 2 is 1.84 bits per heavy atom. The van der Waals surface area contributed by atoms with Crippen LogP contribution in [0.15, 0.2) is 47.6 Å². The largest absolute Gasteiger partial charge is 0.390 e. The lowest BCUT2D eigenvalue weighted by Crippen LogP contribution is -1.95. The van der Waals surface area contributed by atoms with Gasteiger partial charge in [0.25, 0.3) is 0 Å². The molecule has 97 valence electrons. The fourth-order valence-corrected chi connectivity index (χ4v) is 1.40. The second kappa shape index (κ2) is 6.04. The number of halogens is 3. The summed E-state index contributed by atoms with van der Waals surface area (Å²) in [5.74, 6) is -2.33. The van der Waals surface area contributed by atoms with Crippen LogP contribution in [0.4, 0.5) is 13.2 Å². The number of benzene rings is 2. The van der Waals surface area contributed by atoms with Gasteiger partial charge in [-0.05, 0) is 18.2 Å². The summed E-state index contributed by atoms with van der Waals surface area (Å²) >= 11 is 0. The van der Waals surface area contributed by atoms with Gasteiger partial charge in [-0.2, -0.15) is 0 Å². The summed E-state index contributed by atoms with van der Waals surface area (Å²) in [6.45, 7) is -0.230. The van der Waals surface area contributed by atoms with Crippen molar-refractivity contribution >= 4 is 6.21 Å². The molecule has 1 radical (unpaired) electrons. The van der Waals surface area contributed by atoms with Crippen molar-refractivity contribution in [2.24, 2.45) is 5.16 Å². The molecule has 0 heterocycles. The zero-order chi connectivity index (χ0) is 13.7. The molecule has 0 aliphatic rings. The molecule has 5 heteroatoms. The van der Waals surface area contributed by atoms with Crippen molar-refractivity contribution in [1.82, 2.24) is 0 Å². The van der Waals surface area contributed by atoms with Crippen molar-refractivity contribution in [3.8, 4) is 0 Å². The van der Waals surface area contributed by atoms with Crippen molar-refractivity contribution in [2.45, 2.75) is 6.61 Å². The Morgan fingerprint density at radius 1 is 1.05 bits per heavy atom. The number of hydrogen-bond donors (Lipinski definition) is 0. The summed E-state index contributed by atoms with van der Waals surface area (Å²) in [5, 5.41) is 3.44. The molecule has 2 aromatic rings. The first kappa shape index (κ1) is 13.1. The first-order valence-electron chi connectivity index (χ1n) is 5.43. The summed E-state index contributed by atoms with van der Waals surface area (Å²) in [5.41, 5.74) is 0.435. The van der Waals surface area contributed by atoms with Gasteiger partial charge in [0.05, 0.1) is 0 Å². The molecule has 0 saturated carbocycles. The molecule has 0 amide bonds. The second-order valence-corrected chi connectivity index (χ2v) is 3.70. The lowest BCUT2D eigenvalue weighted by atomic mass is 10.2. The van der Waals surface area contributed by atoms with Crippen LogP contribution in [0.2, 0.25) is 0 Å². The van der Waals surface area contributed by atoms with E-state index in [0.29, 0.717) is 5.56 Å². The third-order valence-corrected chi connectivity index (χ3v) is 2.32. The van der Waals surface area contributed by atoms with Crippen LogP contribution in [0.25, 0.3) is 0 Å². The van der Waals surface area contributed by atoms with Crippen LogP contribution >= 0.6 is 0 Å². The highest BCUT2D eigenvalue weighted by atomic mass is 19.2. The summed E-state index contributed by atoms with van der Waals surface area (Å²) < 4.78 is 38.9. The molecule has 0 saturated heterocycles. The summed E-state index contributed by atoms with van der Waals surface area (Å²) in [7, 11) is 0. The first-order valence-corrected chi connectivity index (χ1v) is 5.43. The fraction of sp³-hybridized carbons (Fsp3) is 0.0714. The van der Waals surface area contributed by atoms with E-state index in [2.05, 4.69) is 11.4 Å². The molecule has 0 aromatic heterocycles. The number of hydrogen-bond acceptors (Lipinski definition) is 2. The van der Waals surface area contributed by atoms with E-state index in [1.807, 2.05) is 0 Å². The normalized spacial score (nSPS) is 10.9. The van der Waals surface area contributed by atoms with Gasteiger partial charge < -0.3 is 4.84 Å². The van der Waals surface area contributed by atoms with Crippen molar-refractivity contribution in [3.63, 3.8) is 0 Å². The van der Waals surface area contributed by atoms with Crippen molar-refractivity contribution < 1.29 is 18.0 Å². The van der Waals surface area contributed by atoms with Crippen LogP contribution < -0.4 is 0 Å². The average molecular weight is 264 g/mol. The van der Waals surface area contributed by atoms with E-state index in [1.165, 1.54) is 30.3 Å². The Morgan fingerprint density at radius 3 is 2.63 bits per heavy atom. The van der Waals surface area contributed by atoms with Crippen LogP contribution in [0.3, 0.4) is 0 Å². The van der Waals surface area contributed by atoms with Crippen molar-refractivity contribution in [1.29, 1.82) is 0 Å². The number of rotatable bonds is 4. The van der Waals surface area contributed by atoms with Gasteiger partial charge in [-0.15, -0.1) is 0 Å². The van der Waals surface area contributed by atoms with E-state index in [9.17, 15) is 13.2 Å². The molecule has 0 fully saturated rings. The topological polar surface area (TPSA) is 21.6 Å². The molecule has 0 atom stereocenters. The van der Waals surface area contributed by atoms with Crippen LogP contribution in [0.5, 0.6) is 0 Å². The lowest BCUT2D eigenvalue weighted by Gasteiger charge is -2.01. The van der Waals surface area contributed by atoms with Gasteiger partial charge in [-0.1, -0.05) is 29.4 Å².